The second-order valence-corrected chi connectivity index (χ2v) is 5.71. The molecule has 0 amide bonds. The van der Waals surface area contributed by atoms with Crippen LogP contribution in [0.4, 0.5) is 0 Å². The van der Waals surface area contributed by atoms with Gasteiger partial charge < -0.3 is 15.0 Å². The number of likely N-dealkylation sites (N-methyl/N-ethyl adjacent to an activating group) is 1. The molecule has 1 N–H and O–H groups in total. The first-order valence-corrected chi connectivity index (χ1v) is 7.63. The number of Topliss-reactive ketones (excluding diaryl/α,β-unsaturated/α-hetero) is 1. The zero-order chi connectivity index (χ0) is 15.7. The third kappa shape index (κ3) is 5.81. The van der Waals surface area contributed by atoms with Gasteiger partial charge in [-0.05, 0) is 25.0 Å². The fourth-order valence-corrected chi connectivity index (χ4v) is 2.81. The van der Waals surface area contributed by atoms with Crippen LogP contribution in [0.1, 0.15) is 47.0 Å². The van der Waals surface area contributed by atoms with Crippen LogP contribution in [0.2, 0.25) is 0 Å². The third-order valence-electron chi connectivity index (χ3n) is 4.18. The van der Waals surface area contributed by atoms with Crippen molar-refractivity contribution >= 4 is 5.78 Å². The zero-order valence-electron chi connectivity index (χ0n) is 13.9. The molecule has 20 heavy (non-hydrogen) atoms. The van der Waals surface area contributed by atoms with Crippen LogP contribution in [0, 0.1) is 11.8 Å². The molecule has 0 aromatic rings. The van der Waals surface area contributed by atoms with E-state index in [9.17, 15) is 4.79 Å². The Balaban J connectivity index is 5.05. The summed E-state index contributed by atoms with van der Waals surface area (Å²) in [6.07, 6.45) is 4.45. The highest BCUT2D eigenvalue weighted by molar-refractivity contribution is 5.75. The van der Waals surface area contributed by atoms with Crippen LogP contribution in [0.25, 0.3) is 0 Å². The normalized spacial score (nSPS) is 15.1. The van der Waals surface area contributed by atoms with Crippen molar-refractivity contribution in [1.82, 2.24) is 10.2 Å². The summed E-state index contributed by atoms with van der Waals surface area (Å²) in [6, 6.07) is 0.355. The van der Waals surface area contributed by atoms with Crippen LogP contribution < -0.4 is 5.32 Å². The van der Waals surface area contributed by atoms with E-state index in [4.69, 9.17) is 0 Å². The molecule has 0 fully saturated rings. The van der Waals surface area contributed by atoms with Crippen LogP contribution >= 0.6 is 0 Å². The lowest BCUT2D eigenvalue weighted by Gasteiger charge is -2.40. The average molecular weight is 280 g/mol. The summed E-state index contributed by atoms with van der Waals surface area (Å²) in [5.74, 6) is 1.19. The molecule has 3 heteroatoms. The maximum absolute atomic E-state index is 11.5. The van der Waals surface area contributed by atoms with E-state index in [1.165, 1.54) is 0 Å². The molecule has 0 spiro atoms. The van der Waals surface area contributed by atoms with E-state index in [0.717, 1.165) is 18.5 Å². The van der Waals surface area contributed by atoms with E-state index >= 15 is 0 Å². The van der Waals surface area contributed by atoms with Crippen molar-refractivity contribution in [3.63, 3.8) is 0 Å². The molecule has 0 saturated carbocycles. The molecule has 0 aliphatic carbocycles. The minimum Gasteiger partial charge on any atom is -0.386 e. The molecule has 0 aliphatic heterocycles. The molecular formula is C17H32N2O. The van der Waals surface area contributed by atoms with Gasteiger partial charge in [-0.1, -0.05) is 46.8 Å². The van der Waals surface area contributed by atoms with Gasteiger partial charge in [-0.2, -0.15) is 0 Å². The molecule has 116 valence electrons. The van der Waals surface area contributed by atoms with Crippen LogP contribution in [-0.4, -0.2) is 30.3 Å². The van der Waals surface area contributed by atoms with Crippen molar-refractivity contribution in [2.24, 2.45) is 11.8 Å². The zero-order valence-corrected chi connectivity index (χ0v) is 13.9. The second-order valence-electron chi connectivity index (χ2n) is 5.71. The molecule has 0 aliphatic rings. The van der Waals surface area contributed by atoms with E-state index in [1.54, 1.807) is 13.1 Å². The Morgan fingerprint density at radius 3 is 2.35 bits per heavy atom. The maximum atomic E-state index is 11.5. The van der Waals surface area contributed by atoms with Crippen molar-refractivity contribution in [2.45, 2.75) is 53.0 Å². The van der Waals surface area contributed by atoms with E-state index in [2.05, 4.69) is 51.2 Å². The molecule has 0 saturated heterocycles. The predicted molar refractivity (Wildman–Crippen MR) is 87.4 cm³/mol. The number of rotatable bonds is 11. The highest BCUT2D eigenvalue weighted by Crippen LogP contribution is 2.28. The van der Waals surface area contributed by atoms with Gasteiger partial charge in [0.15, 0.2) is 0 Å². The summed E-state index contributed by atoms with van der Waals surface area (Å²) < 4.78 is 0. The summed E-state index contributed by atoms with van der Waals surface area (Å²) in [6.45, 7) is 16.8. The first-order valence-electron chi connectivity index (χ1n) is 7.63. The van der Waals surface area contributed by atoms with Gasteiger partial charge >= 0.3 is 0 Å². The molecule has 3 unspecified atom stereocenters. The van der Waals surface area contributed by atoms with Gasteiger partial charge in [-0.15, -0.1) is 0 Å². The van der Waals surface area contributed by atoms with Gasteiger partial charge in [0.25, 0.3) is 0 Å². The van der Waals surface area contributed by atoms with E-state index in [0.29, 0.717) is 30.8 Å². The Bertz CT molecular complexity index is 325. The number of carbonyl (C=O) groups excluding carboxylic acids is 1. The molecule has 0 aromatic heterocycles. The van der Waals surface area contributed by atoms with Gasteiger partial charge in [-0.25, -0.2) is 0 Å². The summed E-state index contributed by atoms with van der Waals surface area (Å²) in [5, 5.41) is 3.09. The quantitative estimate of drug-likeness (QED) is 0.628. The number of nitrogens with zero attached hydrogens (tertiary/aromatic N) is 1. The van der Waals surface area contributed by atoms with E-state index in [1.807, 2.05) is 0 Å². The van der Waals surface area contributed by atoms with E-state index < -0.39 is 0 Å². The topological polar surface area (TPSA) is 32.3 Å². The highest BCUT2D eigenvalue weighted by atomic mass is 16.1. The number of hydrogen-bond donors (Lipinski definition) is 1. The highest BCUT2D eigenvalue weighted by Gasteiger charge is 2.29. The largest absolute Gasteiger partial charge is 0.386 e. The number of ketones is 1. The Morgan fingerprint density at radius 1 is 1.35 bits per heavy atom. The molecule has 0 heterocycles. The number of nitrogens with one attached hydrogen (secondary N) is 1. The fraction of sp³-hybridized carbons (Fsp3) is 0.706. The summed E-state index contributed by atoms with van der Waals surface area (Å²) in [5.41, 5.74) is 1.04. The van der Waals surface area contributed by atoms with Crippen molar-refractivity contribution in [1.29, 1.82) is 0 Å². The molecule has 0 radical (unpaired) electrons. The molecule has 0 bridgehead atoms. The molecular weight excluding hydrogens is 248 g/mol. The lowest BCUT2D eigenvalue weighted by Crippen LogP contribution is -2.43. The van der Waals surface area contributed by atoms with Gasteiger partial charge in [0.1, 0.15) is 5.78 Å². The Labute approximate surface area is 125 Å². The SMILES string of the molecule is C=CNCC(=C)N(C)C(C(C)CC)C(CC)CC(C)=O. The van der Waals surface area contributed by atoms with Crippen molar-refractivity contribution in [2.75, 3.05) is 13.6 Å². The maximum Gasteiger partial charge on any atom is 0.130 e. The molecule has 0 aromatic carbocycles. The lowest BCUT2D eigenvalue weighted by atomic mass is 9.82. The molecule has 3 atom stereocenters. The van der Waals surface area contributed by atoms with Gasteiger partial charge in [0.2, 0.25) is 0 Å². The minimum absolute atomic E-state index is 0.272. The van der Waals surface area contributed by atoms with Crippen LogP contribution in [0.15, 0.2) is 25.1 Å². The number of carbonyl (C=O) groups is 1. The molecule has 3 nitrogen and oxygen atoms in total. The van der Waals surface area contributed by atoms with Crippen LogP contribution in [0.5, 0.6) is 0 Å². The average Bonchev–Trinajstić information content (AvgIpc) is 2.42. The van der Waals surface area contributed by atoms with Gasteiger partial charge in [0, 0.05) is 25.2 Å². The molecule has 0 rings (SSSR count). The van der Waals surface area contributed by atoms with E-state index in [-0.39, 0.29) is 5.78 Å². The Kier molecular flexibility index (Phi) is 9.02. The number of hydrogen-bond acceptors (Lipinski definition) is 3. The predicted octanol–water partition coefficient (Wildman–Crippen LogP) is 3.59. The monoisotopic (exact) mass is 280 g/mol. The van der Waals surface area contributed by atoms with Crippen molar-refractivity contribution in [3.05, 3.63) is 25.1 Å². The third-order valence-corrected chi connectivity index (χ3v) is 4.18. The standard InChI is InChI=1S/C17H32N2O/c1-8-13(4)17(16(9-2)11-15(6)20)19(7)14(5)12-18-10-3/h10,13,16-18H,3,5,8-9,11-12H2,1-2,4,6-7H3. The summed E-state index contributed by atoms with van der Waals surface area (Å²) in [4.78, 5) is 13.8. The lowest BCUT2D eigenvalue weighted by molar-refractivity contribution is -0.118. The van der Waals surface area contributed by atoms with Crippen molar-refractivity contribution < 1.29 is 4.79 Å². The summed E-state index contributed by atoms with van der Waals surface area (Å²) in [7, 11) is 2.09. The Morgan fingerprint density at radius 2 is 1.95 bits per heavy atom. The smallest absolute Gasteiger partial charge is 0.130 e. The Hall–Kier alpha value is -1.25. The minimum atomic E-state index is 0.272. The second kappa shape index (κ2) is 9.62. The van der Waals surface area contributed by atoms with Gasteiger partial charge in [-0.3, -0.25) is 0 Å². The fourth-order valence-electron chi connectivity index (χ4n) is 2.81. The first-order chi connectivity index (χ1) is 9.38. The van der Waals surface area contributed by atoms with Gasteiger partial charge in [0.05, 0.1) is 6.54 Å². The van der Waals surface area contributed by atoms with Crippen LogP contribution in [-0.2, 0) is 4.79 Å². The van der Waals surface area contributed by atoms with Crippen LogP contribution in [0.3, 0.4) is 0 Å². The van der Waals surface area contributed by atoms with Crippen molar-refractivity contribution in [3.8, 4) is 0 Å². The first kappa shape index (κ1) is 18.8. The summed E-state index contributed by atoms with van der Waals surface area (Å²) >= 11 is 0.